The third-order valence-electron chi connectivity index (χ3n) is 7.65. The summed E-state index contributed by atoms with van der Waals surface area (Å²) in [5.74, 6) is -0.748. The lowest BCUT2D eigenvalue weighted by Crippen LogP contribution is -2.41. The minimum absolute atomic E-state index is 0.222. The van der Waals surface area contributed by atoms with Gasteiger partial charge in [-0.05, 0) is 28.8 Å². The number of halogens is 1. The third-order valence-corrected chi connectivity index (χ3v) is 7.65. The van der Waals surface area contributed by atoms with E-state index in [1.165, 1.54) is 0 Å². The first kappa shape index (κ1) is 29.0. The lowest BCUT2D eigenvalue weighted by atomic mass is 9.80. The maximum atomic E-state index is 16.2. The normalized spacial score (nSPS) is 19.8. The molecule has 4 atom stereocenters. The topological polar surface area (TPSA) is 99.6 Å². The van der Waals surface area contributed by atoms with E-state index in [4.69, 9.17) is 14.2 Å². The number of carbonyl (C=O) groups is 1. The van der Waals surface area contributed by atoms with Gasteiger partial charge in [-0.3, -0.25) is 14.3 Å². The minimum atomic E-state index is -1.96. The fourth-order valence-corrected chi connectivity index (χ4v) is 5.56. The van der Waals surface area contributed by atoms with Crippen molar-refractivity contribution in [3.05, 3.63) is 177 Å². The molecule has 0 aliphatic carbocycles. The second kappa shape index (κ2) is 12.6. The number of aromatic amines is 1. The van der Waals surface area contributed by atoms with Crippen molar-refractivity contribution in [1.29, 1.82) is 0 Å². The Kier molecular flexibility index (Phi) is 8.31. The van der Waals surface area contributed by atoms with Crippen molar-refractivity contribution in [3.8, 4) is 0 Å². The van der Waals surface area contributed by atoms with E-state index >= 15 is 4.39 Å². The van der Waals surface area contributed by atoms with E-state index in [1.807, 2.05) is 91.0 Å². The zero-order valence-corrected chi connectivity index (χ0v) is 23.5. The number of hydrogen-bond donors (Lipinski definition) is 1. The molecular formula is C35H29FN2O6. The van der Waals surface area contributed by atoms with Crippen LogP contribution in [0, 0.1) is 0 Å². The molecule has 1 fully saturated rings. The maximum Gasteiger partial charge on any atom is 0.338 e. The van der Waals surface area contributed by atoms with Crippen LogP contribution in [0.3, 0.4) is 0 Å². The number of esters is 1. The molecule has 44 heavy (non-hydrogen) atoms. The van der Waals surface area contributed by atoms with Gasteiger partial charge in [-0.1, -0.05) is 109 Å². The summed E-state index contributed by atoms with van der Waals surface area (Å²) >= 11 is 0. The number of aromatic nitrogens is 2. The van der Waals surface area contributed by atoms with E-state index in [-0.39, 0.29) is 12.2 Å². The molecule has 6 rings (SSSR count). The van der Waals surface area contributed by atoms with Gasteiger partial charge in [-0.25, -0.2) is 14.0 Å². The predicted octanol–water partition coefficient (Wildman–Crippen LogP) is 5.01. The van der Waals surface area contributed by atoms with Crippen LogP contribution in [0.2, 0.25) is 0 Å². The van der Waals surface area contributed by atoms with Crippen LogP contribution >= 0.6 is 0 Å². The molecule has 222 valence electrons. The zero-order chi connectivity index (χ0) is 30.5. The van der Waals surface area contributed by atoms with Crippen molar-refractivity contribution in [3.63, 3.8) is 0 Å². The highest BCUT2D eigenvalue weighted by Gasteiger charge is 2.50. The molecule has 0 saturated carbocycles. The number of rotatable bonds is 9. The van der Waals surface area contributed by atoms with E-state index < -0.39 is 47.4 Å². The molecule has 1 aromatic heterocycles. The molecule has 1 aliphatic heterocycles. The number of hydrogen-bond acceptors (Lipinski definition) is 6. The molecule has 4 aromatic carbocycles. The van der Waals surface area contributed by atoms with Crippen molar-refractivity contribution in [2.45, 2.75) is 30.2 Å². The summed E-state index contributed by atoms with van der Waals surface area (Å²) in [6.45, 7) is -0.222. The Balaban J connectivity index is 1.41. The summed E-state index contributed by atoms with van der Waals surface area (Å²) in [6, 6.07) is 38.2. The van der Waals surface area contributed by atoms with Crippen LogP contribution in [0.25, 0.3) is 0 Å². The van der Waals surface area contributed by atoms with Crippen LogP contribution in [0.5, 0.6) is 0 Å². The molecule has 0 spiro atoms. The molecule has 5 aromatic rings. The molecule has 4 unspecified atom stereocenters. The molecule has 1 aliphatic rings. The third kappa shape index (κ3) is 5.62. The van der Waals surface area contributed by atoms with Crippen molar-refractivity contribution in [2.24, 2.45) is 0 Å². The van der Waals surface area contributed by atoms with E-state index in [0.29, 0.717) is 0 Å². The van der Waals surface area contributed by atoms with Gasteiger partial charge in [0, 0.05) is 12.3 Å². The van der Waals surface area contributed by atoms with Gasteiger partial charge in [0.25, 0.3) is 5.56 Å². The number of alkyl halides is 1. The average Bonchev–Trinajstić information content (AvgIpc) is 3.37. The van der Waals surface area contributed by atoms with Crippen LogP contribution in [0.15, 0.2) is 143 Å². The monoisotopic (exact) mass is 592 g/mol. The fourth-order valence-electron chi connectivity index (χ4n) is 5.56. The Morgan fingerprint density at radius 2 is 1.27 bits per heavy atom. The standard InChI is InChI=1S/C35H29FN2O6/c36-30-31(44-33(40)24-13-5-1-6-14-24)28(43-32(30)38-22-21-29(39)37-34(38)41)23-42-35(25-15-7-2-8-16-25,26-17-9-3-10-18-26)27-19-11-4-12-20-27/h1-22,28,30-32H,23H2,(H,37,39,41). The van der Waals surface area contributed by atoms with Crippen LogP contribution < -0.4 is 11.2 Å². The van der Waals surface area contributed by atoms with Crippen molar-refractivity contribution < 1.29 is 23.4 Å². The van der Waals surface area contributed by atoms with Crippen molar-refractivity contribution in [1.82, 2.24) is 9.55 Å². The molecule has 0 radical (unpaired) electrons. The lowest BCUT2D eigenvalue weighted by Gasteiger charge is -2.37. The number of carbonyl (C=O) groups excluding carboxylic acids is 1. The summed E-state index contributed by atoms with van der Waals surface area (Å²) in [7, 11) is 0. The number of nitrogens with one attached hydrogen (secondary N) is 1. The van der Waals surface area contributed by atoms with E-state index in [9.17, 15) is 14.4 Å². The minimum Gasteiger partial charge on any atom is -0.453 e. The van der Waals surface area contributed by atoms with Crippen molar-refractivity contribution >= 4 is 5.97 Å². The smallest absolute Gasteiger partial charge is 0.338 e. The molecule has 1 saturated heterocycles. The SMILES string of the molecule is O=C(OC1C(COC(c2ccccc2)(c2ccccc2)c2ccccc2)OC(n2ccc(=O)[nH]c2=O)C1F)c1ccccc1. The van der Waals surface area contributed by atoms with E-state index in [1.54, 1.807) is 30.3 Å². The molecule has 0 amide bonds. The molecule has 8 nitrogen and oxygen atoms in total. The van der Waals surface area contributed by atoms with Gasteiger partial charge >= 0.3 is 11.7 Å². The summed E-state index contributed by atoms with van der Waals surface area (Å²) in [5.41, 5.74) is 0.0448. The second-order valence-corrected chi connectivity index (χ2v) is 10.4. The zero-order valence-electron chi connectivity index (χ0n) is 23.5. The quantitative estimate of drug-likeness (QED) is 0.191. The Morgan fingerprint density at radius 3 is 1.77 bits per heavy atom. The van der Waals surface area contributed by atoms with Crippen molar-refractivity contribution in [2.75, 3.05) is 6.61 Å². The predicted molar refractivity (Wildman–Crippen MR) is 161 cm³/mol. The summed E-state index contributed by atoms with van der Waals surface area (Å²) in [6.07, 6.45) is -4.86. The number of H-pyrrole nitrogens is 1. The molecular weight excluding hydrogens is 563 g/mol. The van der Waals surface area contributed by atoms with Crippen LogP contribution in [0.4, 0.5) is 4.39 Å². The van der Waals surface area contributed by atoms with Gasteiger partial charge in [0.15, 0.2) is 18.5 Å². The summed E-state index contributed by atoms with van der Waals surface area (Å²) < 4.78 is 35.8. The first-order valence-electron chi connectivity index (χ1n) is 14.1. The van der Waals surface area contributed by atoms with E-state index in [2.05, 4.69) is 4.98 Å². The molecule has 0 bridgehead atoms. The average molecular weight is 593 g/mol. The van der Waals surface area contributed by atoms with E-state index in [0.717, 1.165) is 33.5 Å². The largest absolute Gasteiger partial charge is 0.453 e. The molecule has 9 heteroatoms. The number of nitrogens with zero attached hydrogens (tertiary/aromatic N) is 1. The number of ether oxygens (including phenoxy) is 3. The lowest BCUT2D eigenvalue weighted by molar-refractivity contribution is -0.0970. The highest BCUT2D eigenvalue weighted by atomic mass is 19.1. The Hall–Kier alpha value is -5.12. The Labute approximate surface area is 252 Å². The highest BCUT2D eigenvalue weighted by molar-refractivity contribution is 5.89. The van der Waals surface area contributed by atoms with Crippen LogP contribution in [-0.4, -0.2) is 40.5 Å². The van der Waals surface area contributed by atoms with Gasteiger partial charge in [0.05, 0.1) is 12.2 Å². The van der Waals surface area contributed by atoms with Gasteiger partial charge < -0.3 is 14.2 Å². The Morgan fingerprint density at radius 1 is 0.773 bits per heavy atom. The maximum absolute atomic E-state index is 16.2. The second-order valence-electron chi connectivity index (χ2n) is 10.4. The van der Waals surface area contributed by atoms with Gasteiger partial charge in [0.2, 0.25) is 0 Å². The highest BCUT2D eigenvalue weighted by Crippen LogP contribution is 2.42. The first-order valence-corrected chi connectivity index (χ1v) is 14.1. The van der Waals surface area contributed by atoms with Crippen LogP contribution in [-0.2, 0) is 19.8 Å². The summed E-state index contributed by atoms with van der Waals surface area (Å²) in [4.78, 5) is 39.5. The fraction of sp³-hybridized carbons (Fsp3) is 0.171. The first-order chi connectivity index (χ1) is 21.5. The van der Waals surface area contributed by atoms with Gasteiger partial charge in [0.1, 0.15) is 11.7 Å². The Bertz CT molecular complexity index is 1720. The number of benzene rings is 4. The van der Waals surface area contributed by atoms with Gasteiger partial charge in [-0.15, -0.1) is 0 Å². The van der Waals surface area contributed by atoms with Crippen LogP contribution in [0.1, 0.15) is 33.3 Å². The molecule has 1 N–H and O–H groups in total. The van der Waals surface area contributed by atoms with Gasteiger partial charge in [-0.2, -0.15) is 0 Å². The summed E-state index contributed by atoms with van der Waals surface area (Å²) in [5, 5.41) is 0. The molecule has 2 heterocycles.